The summed E-state index contributed by atoms with van der Waals surface area (Å²) in [5, 5.41) is 5.28. The van der Waals surface area contributed by atoms with Crippen molar-refractivity contribution in [1.82, 2.24) is 14.3 Å². The first-order valence-corrected chi connectivity index (χ1v) is 6.98. The van der Waals surface area contributed by atoms with Gasteiger partial charge < -0.3 is 4.57 Å². The van der Waals surface area contributed by atoms with E-state index in [-0.39, 0.29) is 10.8 Å². The van der Waals surface area contributed by atoms with Crippen LogP contribution in [0.1, 0.15) is 19.0 Å². The van der Waals surface area contributed by atoms with Gasteiger partial charge in [-0.1, -0.05) is 24.6 Å². The van der Waals surface area contributed by atoms with Gasteiger partial charge in [0.1, 0.15) is 0 Å². The SMILES string of the molecule is CCCn1cc(-n2c(C)cc3ccc(Cl)c(F)c32)cn1. The van der Waals surface area contributed by atoms with Crippen LogP contribution in [0.3, 0.4) is 0 Å². The van der Waals surface area contributed by atoms with E-state index in [2.05, 4.69) is 12.0 Å². The Labute approximate surface area is 121 Å². The highest BCUT2D eigenvalue weighted by atomic mass is 35.5. The van der Waals surface area contributed by atoms with Crippen molar-refractivity contribution in [1.29, 1.82) is 0 Å². The minimum atomic E-state index is -0.388. The number of aryl methyl sites for hydroxylation is 2. The van der Waals surface area contributed by atoms with E-state index < -0.39 is 0 Å². The van der Waals surface area contributed by atoms with Gasteiger partial charge in [-0.15, -0.1) is 0 Å². The number of aromatic nitrogens is 3. The highest BCUT2D eigenvalue weighted by Gasteiger charge is 2.15. The zero-order valence-corrected chi connectivity index (χ0v) is 12.2. The van der Waals surface area contributed by atoms with Gasteiger partial charge in [0.05, 0.1) is 22.4 Å². The molecule has 0 radical (unpaired) electrons. The summed E-state index contributed by atoms with van der Waals surface area (Å²) >= 11 is 5.90. The molecule has 3 nitrogen and oxygen atoms in total. The molecule has 0 bridgehead atoms. The van der Waals surface area contributed by atoms with Gasteiger partial charge in [-0.2, -0.15) is 5.10 Å². The van der Waals surface area contributed by atoms with Gasteiger partial charge in [0.2, 0.25) is 0 Å². The molecule has 0 saturated heterocycles. The van der Waals surface area contributed by atoms with E-state index in [1.807, 2.05) is 34.5 Å². The second-order valence-corrected chi connectivity index (χ2v) is 5.29. The number of rotatable bonds is 3. The largest absolute Gasteiger partial charge is 0.308 e. The summed E-state index contributed by atoms with van der Waals surface area (Å²) in [6.07, 6.45) is 4.69. The minimum Gasteiger partial charge on any atom is -0.308 e. The van der Waals surface area contributed by atoms with E-state index in [9.17, 15) is 4.39 Å². The van der Waals surface area contributed by atoms with E-state index in [1.54, 1.807) is 12.3 Å². The summed E-state index contributed by atoms with van der Waals surface area (Å²) in [7, 11) is 0. The van der Waals surface area contributed by atoms with Crippen molar-refractivity contribution in [2.45, 2.75) is 26.8 Å². The summed E-state index contributed by atoms with van der Waals surface area (Å²) in [4.78, 5) is 0. The van der Waals surface area contributed by atoms with E-state index >= 15 is 0 Å². The number of halogens is 2. The molecule has 0 saturated carbocycles. The summed E-state index contributed by atoms with van der Waals surface area (Å²) in [5.41, 5.74) is 2.32. The number of nitrogens with zero attached hydrogens (tertiary/aromatic N) is 3. The van der Waals surface area contributed by atoms with Gasteiger partial charge in [0, 0.05) is 23.8 Å². The molecule has 0 N–H and O–H groups in total. The van der Waals surface area contributed by atoms with Gasteiger partial charge in [-0.05, 0) is 25.5 Å². The molecule has 0 amide bonds. The molecule has 1 aromatic carbocycles. The zero-order valence-electron chi connectivity index (χ0n) is 11.4. The lowest BCUT2D eigenvalue weighted by atomic mass is 10.2. The van der Waals surface area contributed by atoms with E-state index in [0.717, 1.165) is 29.7 Å². The summed E-state index contributed by atoms with van der Waals surface area (Å²) in [6.45, 7) is 4.89. The number of benzene rings is 1. The molecule has 0 atom stereocenters. The Morgan fingerprint density at radius 3 is 2.90 bits per heavy atom. The van der Waals surface area contributed by atoms with Crippen LogP contribution in [0.25, 0.3) is 16.6 Å². The molecule has 0 aliphatic heterocycles. The molecule has 2 heterocycles. The Balaban J connectivity index is 2.23. The van der Waals surface area contributed by atoms with Gasteiger partial charge in [0.25, 0.3) is 0 Å². The molecular weight excluding hydrogens is 277 g/mol. The first-order chi connectivity index (χ1) is 9.61. The van der Waals surface area contributed by atoms with Crippen LogP contribution < -0.4 is 0 Å². The zero-order chi connectivity index (χ0) is 14.3. The van der Waals surface area contributed by atoms with Crippen LogP contribution in [0.15, 0.2) is 30.6 Å². The number of hydrogen-bond donors (Lipinski definition) is 0. The average Bonchev–Trinajstić information content (AvgIpc) is 2.98. The molecule has 3 rings (SSSR count). The summed E-state index contributed by atoms with van der Waals surface area (Å²) in [6, 6.07) is 5.37. The fourth-order valence-corrected chi connectivity index (χ4v) is 2.67. The topological polar surface area (TPSA) is 22.8 Å². The van der Waals surface area contributed by atoms with E-state index in [1.165, 1.54) is 0 Å². The fraction of sp³-hybridized carbons (Fsp3) is 0.267. The summed E-state index contributed by atoms with van der Waals surface area (Å²) in [5.74, 6) is -0.388. The third-order valence-corrected chi connectivity index (χ3v) is 3.66. The molecule has 3 aromatic rings. The van der Waals surface area contributed by atoms with Crippen molar-refractivity contribution in [3.8, 4) is 5.69 Å². The molecule has 0 aliphatic carbocycles. The van der Waals surface area contributed by atoms with Crippen molar-refractivity contribution in [2.24, 2.45) is 0 Å². The molecule has 5 heteroatoms. The molecule has 0 aliphatic rings. The molecule has 104 valence electrons. The van der Waals surface area contributed by atoms with Crippen molar-refractivity contribution in [3.63, 3.8) is 0 Å². The average molecular weight is 292 g/mol. The van der Waals surface area contributed by atoms with Crippen LogP contribution in [-0.4, -0.2) is 14.3 Å². The second kappa shape index (κ2) is 4.94. The van der Waals surface area contributed by atoms with E-state index in [0.29, 0.717) is 5.52 Å². The monoisotopic (exact) mass is 291 g/mol. The smallest absolute Gasteiger partial charge is 0.166 e. The minimum absolute atomic E-state index is 0.137. The lowest BCUT2D eigenvalue weighted by Crippen LogP contribution is -1.98. The maximum Gasteiger partial charge on any atom is 0.166 e. The molecule has 20 heavy (non-hydrogen) atoms. The van der Waals surface area contributed by atoms with Crippen LogP contribution in [0.5, 0.6) is 0 Å². The predicted octanol–water partition coefficient (Wildman–Crippen LogP) is 4.34. The molecule has 0 fully saturated rings. The summed E-state index contributed by atoms with van der Waals surface area (Å²) < 4.78 is 18.1. The normalized spacial score (nSPS) is 11.4. The second-order valence-electron chi connectivity index (χ2n) is 4.88. The predicted molar refractivity (Wildman–Crippen MR) is 79.1 cm³/mol. The van der Waals surface area contributed by atoms with Gasteiger partial charge in [-0.25, -0.2) is 4.39 Å². The lowest BCUT2D eigenvalue weighted by molar-refractivity contribution is 0.602. The van der Waals surface area contributed by atoms with Gasteiger partial charge in [0.15, 0.2) is 5.82 Å². The lowest BCUT2D eigenvalue weighted by Gasteiger charge is -2.06. The standard InChI is InChI=1S/C15H15ClFN3/c1-3-6-19-9-12(8-18-19)20-10(2)7-11-4-5-13(16)14(17)15(11)20/h4-5,7-9H,3,6H2,1-2H3. The third-order valence-electron chi connectivity index (χ3n) is 3.37. The third kappa shape index (κ3) is 2.00. The highest BCUT2D eigenvalue weighted by molar-refractivity contribution is 6.31. The fourth-order valence-electron chi connectivity index (χ4n) is 2.52. The molecule has 2 aromatic heterocycles. The van der Waals surface area contributed by atoms with Crippen molar-refractivity contribution >= 4 is 22.5 Å². The Bertz CT molecular complexity index is 773. The molecule has 0 spiro atoms. The van der Waals surface area contributed by atoms with Crippen LogP contribution in [0.2, 0.25) is 5.02 Å². The van der Waals surface area contributed by atoms with Gasteiger partial charge in [-0.3, -0.25) is 4.68 Å². The van der Waals surface area contributed by atoms with Crippen molar-refractivity contribution in [3.05, 3.63) is 47.1 Å². The van der Waals surface area contributed by atoms with Crippen LogP contribution in [0, 0.1) is 12.7 Å². The number of fused-ring (bicyclic) bond motifs is 1. The Morgan fingerprint density at radius 1 is 1.35 bits per heavy atom. The van der Waals surface area contributed by atoms with Crippen LogP contribution in [-0.2, 0) is 6.54 Å². The van der Waals surface area contributed by atoms with Crippen LogP contribution in [0.4, 0.5) is 4.39 Å². The maximum absolute atomic E-state index is 14.3. The van der Waals surface area contributed by atoms with Crippen molar-refractivity contribution < 1.29 is 4.39 Å². The first-order valence-electron chi connectivity index (χ1n) is 6.60. The van der Waals surface area contributed by atoms with E-state index in [4.69, 9.17) is 11.6 Å². The maximum atomic E-state index is 14.3. The Kier molecular flexibility index (Phi) is 3.26. The Hall–Kier alpha value is -1.81. The molecule has 0 unspecified atom stereocenters. The van der Waals surface area contributed by atoms with Gasteiger partial charge >= 0.3 is 0 Å². The quantitative estimate of drug-likeness (QED) is 0.704. The highest BCUT2D eigenvalue weighted by Crippen LogP contribution is 2.29. The van der Waals surface area contributed by atoms with Crippen molar-refractivity contribution in [2.75, 3.05) is 0 Å². The van der Waals surface area contributed by atoms with Crippen LogP contribution >= 0.6 is 11.6 Å². The first kappa shape index (κ1) is 13.2. The molecular formula is C15H15ClFN3. The Morgan fingerprint density at radius 2 is 2.15 bits per heavy atom. The number of hydrogen-bond acceptors (Lipinski definition) is 1.